The molecule has 0 radical (unpaired) electrons. The number of rotatable bonds is 0. The molecule has 1 heteroatoms. The topological polar surface area (TPSA) is 12.0 Å². The van der Waals surface area contributed by atoms with Crippen molar-refractivity contribution in [3.05, 3.63) is 11.1 Å². The summed E-state index contributed by atoms with van der Waals surface area (Å²) in [4.78, 5) is 0. The average molecular weight is 207 g/mol. The highest BCUT2D eigenvalue weighted by Gasteiger charge is 2.22. The van der Waals surface area contributed by atoms with E-state index in [1.54, 1.807) is 5.57 Å². The maximum atomic E-state index is 3.50. The summed E-state index contributed by atoms with van der Waals surface area (Å²) in [6, 6.07) is 0. The van der Waals surface area contributed by atoms with Crippen molar-refractivity contribution in [1.29, 1.82) is 0 Å². The molecule has 2 rings (SSSR count). The molecular weight excluding hydrogens is 182 g/mol. The second-order valence-electron chi connectivity index (χ2n) is 5.51. The summed E-state index contributed by atoms with van der Waals surface area (Å²) in [5.41, 5.74) is 3.63. The second kappa shape index (κ2) is 5.16. The first-order valence-corrected chi connectivity index (χ1v) is 6.68. The Kier molecular flexibility index (Phi) is 3.85. The van der Waals surface area contributed by atoms with Gasteiger partial charge in [-0.05, 0) is 63.5 Å². The number of nitrogens with one attached hydrogen (secondary N) is 1. The van der Waals surface area contributed by atoms with Gasteiger partial charge in [-0.3, -0.25) is 0 Å². The van der Waals surface area contributed by atoms with Crippen molar-refractivity contribution in [2.45, 2.75) is 52.4 Å². The van der Waals surface area contributed by atoms with Gasteiger partial charge in [-0.25, -0.2) is 0 Å². The van der Waals surface area contributed by atoms with Crippen LogP contribution in [0.1, 0.15) is 52.4 Å². The maximum absolute atomic E-state index is 3.50. The van der Waals surface area contributed by atoms with Gasteiger partial charge in [-0.15, -0.1) is 0 Å². The quantitative estimate of drug-likeness (QED) is 0.599. The summed E-state index contributed by atoms with van der Waals surface area (Å²) < 4.78 is 0. The van der Waals surface area contributed by atoms with E-state index in [0.717, 1.165) is 11.8 Å². The average Bonchev–Trinajstić information content (AvgIpc) is 2.50. The molecule has 0 aromatic rings. The van der Waals surface area contributed by atoms with E-state index in [1.165, 1.54) is 51.6 Å². The zero-order valence-corrected chi connectivity index (χ0v) is 10.3. The molecule has 1 saturated heterocycles. The van der Waals surface area contributed by atoms with Gasteiger partial charge in [-0.1, -0.05) is 25.0 Å². The van der Waals surface area contributed by atoms with E-state index < -0.39 is 0 Å². The van der Waals surface area contributed by atoms with Crippen LogP contribution in [-0.2, 0) is 0 Å². The molecule has 1 aliphatic heterocycles. The van der Waals surface area contributed by atoms with E-state index in [1.807, 2.05) is 5.57 Å². The van der Waals surface area contributed by atoms with Crippen LogP contribution in [0.2, 0.25) is 0 Å². The molecule has 0 bridgehead atoms. The van der Waals surface area contributed by atoms with Gasteiger partial charge in [0, 0.05) is 0 Å². The molecule has 2 aliphatic rings. The van der Waals surface area contributed by atoms with E-state index in [9.17, 15) is 0 Å². The third kappa shape index (κ3) is 2.84. The lowest BCUT2D eigenvalue weighted by Crippen LogP contribution is -2.16. The molecule has 0 aromatic carbocycles. The minimum atomic E-state index is 0.914. The van der Waals surface area contributed by atoms with Gasteiger partial charge in [0.1, 0.15) is 0 Å². The molecule has 1 heterocycles. The summed E-state index contributed by atoms with van der Waals surface area (Å²) >= 11 is 0. The Morgan fingerprint density at radius 1 is 0.933 bits per heavy atom. The first kappa shape index (κ1) is 11.2. The third-order valence-corrected chi connectivity index (χ3v) is 4.38. The number of hydrogen-bond acceptors (Lipinski definition) is 1. The Morgan fingerprint density at radius 2 is 1.80 bits per heavy atom. The van der Waals surface area contributed by atoms with Crippen molar-refractivity contribution < 1.29 is 0 Å². The molecule has 0 aromatic heterocycles. The summed E-state index contributed by atoms with van der Waals surface area (Å²) in [5, 5.41) is 3.50. The van der Waals surface area contributed by atoms with Crippen LogP contribution in [0.5, 0.6) is 0 Å². The van der Waals surface area contributed by atoms with Crippen LogP contribution in [0.15, 0.2) is 11.1 Å². The van der Waals surface area contributed by atoms with Crippen molar-refractivity contribution in [2.24, 2.45) is 11.8 Å². The summed E-state index contributed by atoms with van der Waals surface area (Å²) in [6.45, 7) is 7.28. The van der Waals surface area contributed by atoms with Crippen molar-refractivity contribution in [2.75, 3.05) is 13.1 Å². The van der Waals surface area contributed by atoms with E-state index in [-0.39, 0.29) is 0 Å². The lowest BCUT2D eigenvalue weighted by atomic mass is 9.76. The van der Waals surface area contributed by atoms with Gasteiger partial charge >= 0.3 is 0 Å². The first-order chi connectivity index (χ1) is 7.27. The fourth-order valence-corrected chi connectivity index (χ4v) is 2.97. The van der Waals surface area contributed by atoms with E-state index in [2.05, 4.69) is 19.2 Å². The Balaban J connectivity index is 2.03. The Hall–Kier alpha value is -0.300. The van der Waals surface area contributed by atoms with E-state index >= 15 is 0 Å². The van der Waals surface area contributed by atoms with Gasteiger partial charge in [0.05, 0.1) is 0 Å². The zero-order chi connectivity index (χ0) is 10.7. The lowest BCUT2D eigenvalue weighted by Gasteiger charge is -2.29. The van der Waals surface area contributed by atoms with Gasteiger partial charge < -0.3 is 5.32 Å². The highest BCUT2D eigenvalue weighted by atomic mass is 14.8. The van der Waals surface area contributed by atoms with Gasteiger partial charge in [0.2, 0.25) is 0 Å². The summed E-state index contributed by atoms with van der Waals surface area (Å²) in [6.07, 6.45) is 8.23. The van der Waals surface area contributed by atoms with Crippen LogP contribution < -0.4 is 5.32 Å². The molecular formula is C14H25N. The molecule has 0 spiro atoms. The summed E-state index contributed by atoms with van der Waals surface area (Å²) in [7, 11) is 0. The molecule has 1 saturated carbocycles. The molecule has 1 aliphatic carbocycles. The van der Waals surface area contributed by atoms with Crippen LogP contribution in [0.4, 0.5) is 0 Å². The maximum Gasteiger partial charge on any atom is -0.00115 e. The molecule has 86 valence electrons. The first-order valence-electron chi connectivity index (χ1n) is 6.68. The molecule has 1 nitrogen and oxygen atoms in total. The molecule has 0 amide bonds. The minimum Gasteiger partial charge on any atom is -0.316 e. The zero-order valence-electron chi connectivity index (χ0n) is 10.3. The smallest absolute Gasteiger partial charge is 0.00115 e. The fraction of sp³-hybridized carbons (Fsp3) is 0.857. The predicted molar refractivity (Wildman–Crippen MR) is 65.9 cm³/mol. The second-order valence-corrected chi connectivity index (χ2v) is 5.51. The van der Waals surface area contributed by atoms with Crippen molar-refractivity contribution in [1.82, 2.24) is 5.32 Å². The third-order valence-electron chi connectivity index (χ3n) is 4.38. The highest BCUT2D eigenvalue weighted by Crippen LogP contribution is 2.36. The Labute approximate surface area is 94.3 Å². The SMILES string of the molecule is CC1CCC(=C2CCCNCC2)CC1C. The highest BCUT2D eigenvalue weighted by molar-refractivity contribution is 5.18. The predicted octanol–water partition coefficient (Wildman–Crippen LogP) is 3.51. The number of allylic oxidation sites excluding steroid dienone is 1. The van der Waals surface area contributed by atoms with E-state index in [4.69, 9.17) is 0 Å². The standard InChI is InChI=1S/C14H25N/c1-11-5-6-14(10-12(11)2)13-4-3-8-15-9-7-13/h11-12,15H,3-10H2,1-2H3. The van der Waals surface area contributed by atoms with Crippen LogP contribution in [-0.4, -0.2) is 13.1 Å². The normalized spacial score (nSPS) is 38.8. The molecule has 2 unspecified atom stereocenters. The Morgan fingerprint density at radius 3 is 2.60 bits per heavy atom. The van der Waals surface area contributed by atoms with Gasteiger partial charge in [0.25, 0.3) is 0 Å². The van der Waals surface area contributed by atoms with Crippen LogP contribution in [0.3, 0.4) is 0 Å². The molecule has 1 N–H and O–H groups in total. The van der Waals surface area contributed by atoms with Gasteiger partial charge in [-0.2, -0.15) is 0 Å². The lowest BCUT2D eigenvalue weighted by molar-refractivity contribution is 0.320. The molecule has 2 atom stereocenters. The van der Waals surface area contributed by atoms with Crippen molar-refractivity contribution in [3.8, 4) is 0 Å². The molecule has 15 heavy (non-hydrogen) atoms. The van der Waals surface area contributed by atoms with Crippen molar-refractivity contribution in [3.63, 3.8) is 0 Å². The molecule has 2 fully saturated rings. The van der Waals surface area contributed by atoms with Crippen LogP contribution >= 0.6 is 0 Å². The van der Waals surface area contributed by atoms with Crippen LogP contribution in [0.25, 0.3) is 0 Å². The monoisotopic (exact) mass is 207 g/mol. The number of hydrogen-bond donors (Lipinski definition) is 1. The fourth-order valence-electron chi connectivity index (χ4n) is 2.97. The largest absolute Gasteiger partial charge is 0.316 e. The van der Waals surface area contributed by atoms with Crippen molar-refractivity contribution >= 4 is 0 Å². The van der Waals surface area contributed by atoms with Crippen LogP contribution in [0, 0.1) is 11.8 Å². The minimum absolute atomic E-state index is 0.914. The summed E-state index contributed by atoms with van der Waals surface area (Å²) in [5.74, 6) is 1.86. The van der Waals surface area contributed by atoms with Gasteiger partial charge in [0.15, 0.2) is 0 Å². The van der Waals surface area contributed by atoms with E-state index in [0.29, 0.717) is 0 Å². The Bertz CT molecular complexity index is 232.